The molecule has 0 saturated carbocycles. The van der Waals surface area contributed by atoms with Crippen LogP contribution < -0.4 is 10.1 Å². The molecule has 1 atom stereocenters. The number of aromatic nitrogens is 1. The first-order valence-electron chi connectivity index (χ1n) is 9.24. The van der Waals surface area contributed by atoms with E-state index in [1.165, 1.54) is 6.42 Å². The van der Waals surface area contributed by atoms with Gasteiger partial charge < -0.3 is 19.7 Å². The van der Waals surface area contributed by atoms with Gasteiger partial charge >= 0.3 is 0 Å². The van der Waals surface area contributed by atoms with Crippen LogP contribution in [0.5, 0.6) is 5.75 Å². The van der Waals surface area contributed by atoms with Gasteiger partial charge in [0.15, 0.2) is 5.96 Å². The first-order chi connectivity index (χ1) is 12.4. The molecule has 2 saturated heterocycles. The summed E-state index contributed by atoms with van der Waals surface area (Å²) in [7, 11) is 0. The molecule has 25 heavy (non-hydrogen) atoms. The molecule has 7 nitrogen and oxygen atoms in total. The Hall–Kier alpha value is -1.86. The molecule has 1 aromatic rings. The molecule has 0 amide bonds. The Labute approximate surface area is 150 Å². The zero-order valence-electron chi connectivity index (χ0n) is 15.1. The number of likely N-dealkylation sites (tertiary alicyclic amines) is 1. The Bertz CT molecular complexity index is 534. The van der Waals surface area contributed by atoms with Crippen molar-refractivity contribution in [1.29, 1.82) is 0 Å². The van der Waals surface area contributed by atoms with Crippen LogP contribution in [0.2, 0.25) is 0 Å². The molecule has 3 heterocycles. The van der Waals surface area contributed by atoms with E-state index in [-0.39, 0.29) is 0 Å². The van der Waals surface area contributed by atoms with E-state index in [4.69, 9.17) is 14.5 Å². The number of hydrogen-bond donors (Lipinski definition) is 1. The lowest BCUT2D eigenvalue weighted by molar-refractivity contribution is 0.0195. The van der Waals surface area contributed by atoms with E-state index < -0.39 is 0 Å². The van der Waals surface area contributed by atoms with Crippen LogP contribution >= 0.6 is 0 Å². The Balaban J connectivity index is 1.48. The summed E-state index contributed by atoms with van der Waals surface area (Å²) in [5.74, 6) is 1.78. The third-order valence-corrected chi connectivity index (χ3v) is 4.62. The van der Waals surface area contributed by atoms with Gasteiger partial charge in [-0.15, -0.1) is 0 Å². The lowest BCUT2D eigenvalue weighted by Gasteiger charge is -2.32. The molecule has 0 spiro atoms. The van der Waals surface area contributed by atoms with Gasteiger partial charge in [0.05, 0.1) is 26.0 Å². The molecule has 1 unspecified atom stereocenters. The number of morpholine rings is 1. The van der Waals surface area contributed by atoms with Gasteiger partial charge in [0.1, 0.15) is 12.4 Å². The van der Waals surface area contributed by atoms with Crippen LogP contribution in [-0.2, 0) is 4.74 Å². The molecule has 3 rings (SSSR count). The number of guanidine groups is 1. The molecule has 7 heteroatoms. The molecular weight excluding hydrogens is 318 g/mol. The largest absolute Gasteiger partial charge is 0.490 e. The van der Waals surface area contributed by atoms with E-state index in [0.29, 0.717) is 19.2 Å². The summed E-state index contributed by atoms with van der Waals surface area (Å²) in [5, 5.41) is 3.41. The van der Waals surface area contributed by atoms with E-state index in [9.17, 15) is 0 Å². The maximum absolute atomic E-state index is 5.68. The molecule has 0 bridgehead atoms. The van der Waals surface area contributed by atoms with Gasteiger partial charge in [0.2, 0.25) is 0 Å². The quantitative estimate of drug-likeness (QED) is 0.467. The molecular formula is C18H29N5O2. The highest BCUT2D eigenvalue weighted by Gasteiger charge is 2.30. The zero-order chi connectivity index (χ0) is 17.3. The third kappa shape index (κ3) is 5.31. The SMILES string of the molecule is CCNC(=NCCOc1cccnc1)N1CCC(N2CCOCC2)C1. The Morgan fingerprint density at radius 1 is 1.40 bits per heavy atom. The fraction of sp³-hybridized carbons (Fsp3) is 0.667. The van der Waals surface area contributed by atoms with Crippen LogP contribution in [0.4, 0.5) is 0 Å². The second-order valence-electron chi connectivity index (χ2n) is 6.31. The van der Waals surface area contributed by atoms with Crippen molar-refractivity contribution in [3.63, 3.8) is 0 Å². The number of hydrogen-bond acceptors (Lipinski definition) is 5. The van der Waals surface area contributed by atoms with Crippen molar-refractivity contribution < 1.29 is 9.47 Å². The highest BCUT2D eigenvalue weighted by atomic mass is 16.5. The lowest BCUT2D eigenvalue weighted by Crippen LogP contribution is -2.46. The standard InChI is InChI=1S/C18H29N5O2/c1-2-20-18(21-7-11-25-17-4-3-6-19-14-17)23-8-5-16(15-23)22-9-12-24-13-10-22/h3-4,6,14,16H,2,5,7-13,15H2,1H3,(H,20,21). The van der Waals surface area contributed by atoms with Crippen molar-refractivity contribution >= 4 is 5.96 Å². The number of pyridine rings is 1. The fourth-order valence-electron chi connectivity index (χ4n) is 3.35. The molecule has 2 aliphatic heterocycles. The summed E-state index contributed by atoms with van der Waals surface area (Å²) in [5.41, 5.74) is 0. The van der Waals surface area contributed by atoms with Crippen LogP contribution in [0, 0.1) is 0 Å². The van der Waals surface area contributed by atoms with E-state index >= 15 is 0 Å². The monoisotopic (exact) mass is 347 g/mol. The molecule has 138 valence electrons. The number of aliphatic imine (C=N–C) groups is 1. The first-order valence-corrected chi connectivity index (χ1v) is 9.24. The second kappa shape index (κ2) is 9.58. The van der Waals surface area contributed by atoms with Crippen LogP contribution in [0.15, 0.2) is 29.5 Å². The van der Waals surface area contributed by atoms with Crippen LogP contribution in [0.3, 0.4) is 0 Å². The summed E-state index contributed by atoms with van der Waals surface area (Å²) in [6, 6.07) is 4.40. The average molecular weight is 347 g/mol. The fourth-order valence-corrected chi connectivity index (χ4v) is 3.35. The van der Waals surface area contributed by atoms with E-state index in [2.05, 4.69) is 27.0 Å². The highest BCUT2D eigenvalue weighted by molar-refractivity contribution is 5.80. The summed E-state index contributed by atoms with van der Waals surface area (Å²) in [4.78, 5) is 13.7. The molecule has 0 aliphatic carbocycles. The summed E-state index contributed by atoms with van der Waals surface area (Å²) in [6.45, 7) is 10.1. The van der Waals surface area contributed by atoms with Crippen LogP contribution in [0.25, 0.3) is 0 Å². The molecule has 1 aromatic heterocycles. The zero-order valence-corrected chi connectivity index (χ0v) is 15.1. The highest BCUT2D eigenvalue weighted by Crippen LogP contribution is 2.17. The average Bonchev–Trinajstić information content (AvgIpc) is 3.16. The molecule has 2 fully saturated rings. The van der Waals surface area contributed by atoms with E-state index in [1.54, 1.807) is 12.4 Å². The van der Waals surface area contributed by atoms with Gasteiger partial charge in [-0.1, -0.05) is 0 Å². The number of nitrogens with zero attached hydrogens (tertiary/aromatic N) is 4. The Morgan fingerprint density at radius 3 is 3.04 bits per heavy atom. The molecule has 0 aromatic carbocycles. The summed E-state index contributed by atoms with van der Waals surface area (Å²) in [6.07, 6.45) is 4.66. The normalized spacial score (nSPS) is 22.2. The maximum atomic E-state index is 5.68. The minimum Gasteiger partial charge on any atom is -0.490 e. The van der Waals surface area contributed by atoms with Crippen LogP contribution in [-0.4, -0.2) is 85.9 Å². The maximum Gasteiger partial charge on any atom is 0.194 e. The first kappa shape index (κ1) is 17.9. The molecule has 1 N–H and O–H groups in total. The van der Waals surface area contributed by atoms with Crippen LogP contribution in [0.1, 0.15) is 13.3 Å². The topological polar surface area (TPSA) is 62.2 Å². The van der Waals surface area contributed by atoms with E-state index in [0.717, 1.165) is 57.6 Å². The second-order valence-corrected chi connectivity index (χ2v) is 6.31. The smallest absolute Gasteiger partial charge is 0.194 e. The Kier molecular flexibility index (Phi) is 6.88. The summed E-state index contributed by atoms with van der Waals surface area (Å²) < 4.78 is 11.1. The van der Waals surface area contributed by atoms with Gasteiger partial charge in [0, 0.05) is 45.0 Å². The van der Waals surface area contributed by atoms with Crippen molar-refractivity contribution in [2.24, 2.45) is 4.99 Å². The van der Waals surface area contributed by atoms with Crippen molar-refractivity contribution in [1.82, 2.24) is 20.1 Å². The van der Waals surface area contributed by atoms with Gasteiger partial charge in [0.25, 0.3) is 0 Å². The van der Waals surface area contributed by atoms with Gasteiger partial charge in [-0.3, -0.25) is 9.88 Å². The van der Waals surface area contributed by atoms with Gasteiger partial charge in [-0.2, -0.15) is 0 Å². The predicted octanol–water partition coefficient (Wildman–Crippen LogP) is 0.832. The molecule has 2 aliphatic rings. The number of rotatable bonds is 6. The lowest BCUT2D eigenvalue weighted by atomic mass is 10.2. The van der Waals surface area contributed by atoms with Crippen molar-refractivity contribution in [3.8, 4) is 5.75 Å². The summed E-state index contributed by atoms with van der Waals surface area (Å²) >= 11 is 0. The van der Waals surface area contributed by atoms with E-state index in [1.807, 2.05) is 12.1 Å². The number of nitrogens with one attached hydrogen (secondary N) is 1. The minimum absolute atomic E-state index is 0.557. The minimum atomic E-state index is 0.557. The van der Waals surface area contributed by atoms with Gasteiger partial charge in [-0.25, -0.2) is 4.99 Å². The third-order valence-electron chi connectivity index (χ3n) is 4.62. The van der Waals surface area contributed by atoms with Crippen molar-refractivity contribution in [2.75, 3.05) is 59.1 Å². The van der Waals surface area contributed by atoms with Gasteiger partial charge in [-0.05, 0) is 25.5 Å². The van der Waals surface area contributed by atoms with Crippen molar-refractivity contribution in [3.05, 3.63) is 24.5 Å². The number of ether oxygens (including phenoxy) is 2. The molecule has 0 radical (unpaired) electrons. The predicted molar refractivity (Wildman–Crippen MR) is 98.1 cm³/mol. The van der Waals surface area contributed by atoms with Crippen molar-refractivity contribution in [2.45, 2.75) is 19.4 Å². The Morgan fingerprint density at radius 2 is 2.28 bits per heavy atom.